The highest BCUT2D eigenvalue weighted by atomic mass is 16.6. The molecule has 31 heavy (non-hydrogen) atoms. The number of fused-ring (bicyclic) bond motifs is 1. The highest BCUT2D eigenvalue weighted by Crippen LogP contribution is 2.42. The number of aliphatic hydroxyl groups is 1. The molecule has 0 radical (unpaired) electrons. The summed E-state index contributed by atoms with van der Waals surface area (Å²) in [6, 6.07) is 4.43. The molecule has 2 aromatic carbocycles. The molecule has 6 N–H and O–H groups in total. The Labute approximate surface area is 176 Å². The summed E-state index contributed by atoms with van der Waals surface area (Å²) in [6.07, 6.45) is 3.71. The van der Waals surface area contributed by atoms with Crippen molar-refractivity contribution in [1.82, 2.24) is 0 Å². The van der Waals surface area contributed by atoms with Crippen molar-refractivity contribution < 1.29 is 44.9 Å². The molecule has 1 heterocycles. The molecule has 2 aromatic rings. The summed E-state index contributed by atoms with van der Waals surface area (Å²) < 4.78 is 11.6. The van der Waals surface area contributed by atoms with Crippen molar-refractivity contribution in [2.24, 2.45) is 5.92 Å². The Hall–Kier alpha value is -4.01. The van der Waals surface area contributed by atoms with Crippen LogP contribution in [0.3, 0.4) is 0 Å². The molecule has 0 amide bonds. The third kappa shape index (κ3) is 3.89. The Balaban J connectivity index is 1.65. The molecule has 2 aliphatic rings. The van der Waals surface area contributed by atoms with E-state index in [1.807, 2.05) is 0 Å². The molecule has 0 spiro atoms. The monoisotopic (exact) mass is 428 g/mol. The zero-order valence-corrected chi connectivity index (χ0v) is 16.1. The lowest BCUT2D eigenvalue weighted by Crippen LogP contribution is -2.45. The molecule has 0 saturated carbocycles. The summed E-state index contributed by atoms with van der Waals surface area (Å²) >= 11 is 0. The quantitative estimate of drug-likeness (QED) is 0.319. The van der Waals surface area contributed by atoms with Crippen molar-refractivity contribution in [3.8, 4) is 34.5 Å². The molecule has 9 nitrogen and oxygen atoms in total. The van der Waals surface area contributed by atoms with E-state index in [1.54, 1.807) is 12.2 Å². The molecule has 9 heteroatoms. The Kier molecular flexibility index (Phi) is 5.02. The fourth-order valence-corrected chi connectivity index (χ4v) is 3.74. The summed E-state index contributed by atoms with van der Waals surface area (Å²) in [5.74, 6) is -3.34. The Morgan fingerprint density at radius 1 is 0.968 bits per heavy atom. The Morgan fingerprint density at radius 2 is 1.68 bits per heavy atom. The third-order valence-corrected chi connectivity index (χ3v) is 5.30. The number of benzene rings is 2. The first-order valence-corrected chi connectivity index (χ1v) is 9.47. The lowest BCUT2D eigenvalue weighted by Gasteiger charge is -2.37. The van der Waals surface area contributed by atoms with Gasteiger partial charge >= 0.3 is 5.97 Å². The number of allylic oxidation sites excluding steroid dienone is 2. The minimum absolute atomic E-state index is 0.0773. The van der Waals surface area contributed by atoms with E-state index in [-0.39, 0.29) is 40.9 Å². The molecule has 0 saturated heterocycles. The molecule has 3 atom stereocenters. The number of phenolic OH excluding ortho intramolecular Hbond substituents is 5. The van der Waals surface area contributed by atoms with Gasteiger partial charge in [0.05, 0.1) is 5.56 Å². The van der Waals surface area contributed by atoms with Crippen LogP contribution in [0, 0.1) is 5.92 Å². The number of aromatic hydroxyl groups is 5. The van der Waals surface area contributed by atoms with Gasteiger partial charge in [0.1, 0.15) is 35.2 Å². The van der Waals surface area contributed by atoms with Crippen molar-refractivity contribution in [3.05, 3.63) is 59.4 Å². The number of phenols is 5. The van der Waals surface area contributed by atoms with Crippen molar-refractivity contribution in [2.75, 3.05) is 0 Å². The van der Waals surface area contributed by atoms with Crippen LogP contribution in [0.4, 0.5) is 0 Å². The van der Waals surface area contributed by atoms with Gasteiger partial charge in [-0.3, -0.25) is 0 Å². The summed E-state index contributed by atoms with van der Waals surface area (Å²) in [5, 5.41) is 58.4. The largest absolute Gasteiger partial charge is 0.508 e. The van der Waals surface area contributed by atoms with Crippen molar-refractivity contribution in [2.45, 2.75) is 25.0 Å². The van der Waals surface area contributed by atoms with Crippen LogP contribution in [0.1, 0.15) is 22.3 Å². The normalized spacial score (nSPS) is 22.2. The molecule has 1 unspecified atom stereocenters. The summed E-state index contributed by atoms with van der Waals surface area (Å²) in [6.45, 7) is 0. The second-order valence-corrected chi connectivity index (χ2v) is 7.42. The lowest BCUT2D eigenvalue weighted by molar-refractivity contribution is -0.0311. The third-order valence-electron chi connectivity index (χ3n) is 5.30. The number of hydrogen-bond donors (Lipinski definition) is 6. The number of carbonyl (C=O) groups is 1. The van der Waals surface area contributed by atoms with E-state index in [0.717, 1.165) is 18.2 Å². The molecule has 1 aliphatic carbocycles. The second-order valence-electron chi connectivity index (χ2n) is 7.42. The van der Waals surface area contributed by atoms with E-state index < -0.39 is 35.4 Å². The number of rotatable bonds is 3. The van der Waals surface area contributed by atoms with Gasteiger partial charge < -0.3 is 40.1 Å². The van der Waals surface area contributed by atoms with E-state index >= 15 is 0 Å². The molecular weight excluding hydrogens is 408 g/mol. The van der Waals surface area contributed by atoms with Gasteiger partial charge in [0.15, 0.2) is 17.2 Å². The zero-order chi connectivity index (χ0) is 22.3. The topological polar surface area (TPSA) is 157 Å². The van der Waals surface area contributed by atoms with Crippen LogP contribution in [-0.2, 0) is 11.2 Å². The maximum atomic E-state index is 12.7. The number of esters is 1. The van der Waals surface area contributed by atoms with E-state index in [4.69, 9.17) is 9.47 Å². The van der Waals surface area contributed by atoms with Gasteiger partial charge in [-0.2, -0.15) is 0 Å². The SMILES string of the molecule is O=C(O[C@@H]1Cc2c(O)cc(O)cc2O[C@@H]1C1C=CC(O)=CC1)c1cc(O)c(O)c(O)c1. The summed E-state index contributed by atoms with van der Waals surface area (Å²) in [7, 11) is 0. The molecular formula is C22H20O9. The Morgan fingerprint density at radius 3 is 2.32 bits per heavy atom. The van der Waals surface area contributed by atoms with Gasteiger partial charge in [0.2, 0.25) is 0 Å². The van der Waals surface area contributed by atoms with Gasteiger partial charge in [0, 0.05) is 30.0 Å². The predicted octanol–water partition coefficient (Wildman–Crippen LogP) is 2.76. The minimum atomic E-state index is -0.885. The van der Waals surface area contributed by atoms with Crippen LogP contribution >= 0.6 is 0 Å². The van der Waals surface area contributed by atoms with Gasteiger partial charge in [-0.15, -0.1) is 0 Å². The molecule has 0 aromatic heterocycles. The van der Waals surface area contributed by atoms with Crippen molar-refractivity contribution >= 4 is 5.97 Å². The van der Waals surface area contributed by atoms with E-state index in [0.29, 0.717) is 12.0 Å². The average Bonchev–Trinajstić information content (AvgIpc) is 2.72. The van der Waals surface area contributed by atoms with Crippen LogP contribution < -0.4 is 4.74 Å². The first kappa shape index (κ1) is 20.3. The lowest BCUT2D eigenvalue weighted by atomic mass is 9.86. The van der Waals surface area contributed by atoms with Gasteiger partial charge in [-0.1, -0.05) is 6.08 Å². The van der Waals surface area contributed by atoms with Crippen molar-refractivity contribution in [3.63, 3.8) is 0 Å². The fourth-order valence-electron chi connectivity index (χ4n) is 3.74. The van der Waals surface area contributed by atoms with E-state index in [1.165, 1.54) is 12.1 Å². The summed E-state index contributed by atoms with van der Waals surface area (Å²) in [4.78, 5) is 12.7. The van der Waals surface area contributed by atoms with E-state index in [9.17, 15) is 35.4 Å². The number of aliphatic hydroxyl groups excluding tert-OH is 1. The van der Waals surface area contributed by atoms with Crippen LogP contribution in [0.2, 0.25) is 0 Å². The molecule has 0 fully saturated rings. The van der Waals surface area contributed by atoms with Crippen LogP contribution in [0.15, 0.2) is 48.3 Å². The standard InChI is InChI=1S/C22H20O9/c23-12-3-1-10(2-4-12)21-19(9-14-15(25)7-13(24)8-18(14)30-21)31-22(29)11-5-16(26)20(28)17(27)6-11/h1,3-8,10,19,21,23-28H,2,9H2/t10?,19-,21-/m1/s1. The van der Waals surface area contributed by atoms with Crippen LogP contribution in [-0.4, -0.2) is 48.8 Å². The first-order chi connectivity index (χ1) is 14.7. The number of hydrogen-bond acceptors (Lipinski definition) is 9. The van der Waals surface area contributed by atoms with Gasteiger partial charge in [-0.05, 0) is 30.7 Å². The maximum absolute atomic E-state index is 12.7. The Bertz CT molecular complexity index is 1080. The van der Waals surface area contributed by atoms with Crippen molar-refractivity contribution in [1.29, 1.82) is 0 Å². The van der Waals surface area contributed by atoms with Gasteiger partial charge in [-0.25, -0.2) is 4.79 Å². The zero-order valence-electron chi connectivity index (χ0n) is 16.1. The van der Waals surface area contributed by atoms with E-state index in [2.05, 4.69) is 0 Å². The second kappa shape index (κ2) is 7.67. The smallest absolute Gasteiger partial charge is 0.338 e. The van der Waals surface area contributed by atoms with Crippen LogP contribution in [0.25, 0.3) is 0 Å². The molecule has 0 bridgehead atoms. The summed E-state index contributed by atoms with van der Waals surface area (Å²) in [5.41, 5.74) is 0.158. The van der Waals surface area contributed by atoms with Crippen LogP contribution in [0.5, 0.6) is 34.5 Å². The minimum Gasteiger partial charge on any atom is -0.508 e. The number of ether oxygens (including phenoxy) is 2. The highest BCUT2D eigenvalue weighted by molar-refractivity contribution is 5.91. The first-order valence-electron chi connectivity index (χ1n) is 9.47. The molecule has 4 rings (SSSR count). The predicted molar refractivity (Wildman–Crippen MR) is 106 cm³/mol. The average molecular weight is 428 g/mol. The maximum Gasteiger partial charge on any atom is 0.338 e. The molecule has 1 aliphatic heterocycles. The highest BCUT2D eigenvalue weighted by Gasteiger charge is 2.39. The van der Waals surface area contributed by atoms with Gasteiger partial charge in [0.25, 0.3) is 0 Å². The molecule has 162 valence electrons. The number of carbonyl (C=O) groups excluding carboxylic acids is 1. The fraction of sp³-hybridized carbons (Fsp3) is 0.227.